The van der Waals surface area contributed by atoms with Gasteiger partial charge in [0.1, 0.15) is 5.75 Å². The molecule has 2 N–H and O–H groups in total. The van der Waals surface area contributed by atoms with E-state index in [0.717, 1.165) is 34.0 Å². The number of nitrogens with zero attached hydrogens (tertiary/aromatic N) is 1. The summed E-state index contributed by atoms with van der Waals surface area (Å²) in [5.41, 5.74) is 3.19. The van der Waals surface area contributed by atoms with Gasteiger partial charge in [-0.15, -0.1) is 11.3 Å². The molecule has 0 atom stereocenters. The van der Waals surface area contributed by atoms with E-state index >= 15 is 0 Å². The highest BCUT2D eigenvalue weighted by Crippen LogP contribution is 2.27. The number of rotatable bonds is 5. The summed E-state index contributed by atoms with van der Waals surface area (Å²) in [7, 11) is 1.68. The zero-order valence-electron chi connectivity index (χ0n) is 10.5. The van der Waals surface area contributed by atoms with Crippen molar-refractivity contribution in [1.29, 1.82) is 0 Å². The molecule has 0 aliphatic heterocycles. The fraction of sp³-hybridized carbons (Fsp3) is 0.308. The van der Waals surface area contributed by atoms with Gasteiger partial charge in [0.05, 0.1) is 24.4 Å². The zero-order chi connectivity index (χ0) is 13.0. The monoisotopic (exact) mass is 264 g/mol. The average Bonchev–Trinajstić information content (AvgIpc) is 2.85. The van der Waals surface area contributed by atoms with E-state index in [0.29, 0.717) is 6.61 Å². The molecule has 2 rings (SSSR count). The Morgan fingerprint density at radius 3 is 2.89 bits per heavy atom. The lowest BCUT2D eigenvalue weighted by atomic mass is 10.1. The topological polar surface area (TPSA) is 57.4 Å². The van der Waals surface area contributed by atoms with Gasteiger partial charge >= 0.3 is 0 Å². The Morgan fingerprint density at radius 1 is 1.39 bits per heavy atom. The number of benzene rings is 1. The Balaban J connectivity index is 2.20. The van der Waals surface area contributed by atoms with Gasteiger partial charge in [0.25, 0.3) is 0 Å². The van der Waals surface area contributed by atoms with E-state index in [2.05, 4.69) is 15.9 Å². The highest BCUT2D eigenvalue weighted by atomic mass is 32.1. The van der Waals surface area contributed by atoms with E-state index in [-0.39, 0.29) is 0 Å². The van der Waals surface area contributed by atoms with Gasteiger partial charge in [-0.2, -0.15) is 0 Å². The van der Waals surface area contributed by atoms with Crippen LogP contribution < -0.4 is 10.6 Å². The number of aryl methyl sites for hydroxylation is 1. The molecule has 0 saturated heterocycles. The second kappa shape index (κ2) is 5.95. The van der Waals surface area contributed by atoms with Crippen molar-refractivity contribution in [2.75, 3.05) is 13.7 Å². The molecule has 0 amide bonds. The minimum Gasteiger partial charge on any atom is -0.496 e. The predicted molar refractivity (Wildman–Crippen MR) is 72.7 cm³/mol. The third-order valence-corrected chi connectivity index (χ3v) is 3.58. The number of aromatic nitrogens is 1. The molecule has 0 aliphatic rings. The molecular weight excluding hydrogens is 248 g/mol. The molecule has 4 nitrogen and oxygen atoms in total. The molecule has 0 fully saturated rings. The molecule has 0 radical (unpaired) electrons. The lowest BCUT2D eigenvalue weighted by Crippen LogP contribution is -2.03. The number of thiazole rings is 1. The van der Waals surface area contributed by atoms with Crippen LogP contribution in [0.15, 0.2) is 23.6 Å². The number of ether oxygens (including phenoxy) is 1. The highest BCUT2D eigenvalue weighted by molar-refractivity contribution is 7.09. The Kier molecular flexibility index (Phi) is 4.30. The van der Waals surface area contributed by atoms with Crippen LogP contribution in [0.25, 0.3) is 11.3 Å². The summed E-state index contributed by atoms with van der Waals surface area (Å²) in [5.74, 6) is 5.90. The molecule has 1 aromatic carbocycles. The molecule has 5 heteroatoms. The first kappa shape index (κ1) is 13.0. The Hall–Kier alpha value is -1.43. The Labute approximate surface area is 110 Å². The molecule has 0 bridgehead atoms. The van der Waals surface area contributed by atoms with Gasteiger partial charge in [-0.05, 0) is 30.7 Å². The van der Waals surface area contributed by atoms with E-state index in [1.807, 2.05) is 24.4 Å². The van der Waals surface area contributed by atoms with Crippen LogP contribution in [0.5, 0.6) is 5.75 Å². The maximum atomic E-state index is 5.25. The smallest absolute Gasteiger partial charge is 0.121 e. The van der Waals surface area contributed by atoms with Crippen LogP contribution in [0.4, 0.5) is 0 Å². The number of methoxy groups -OCH3 is 1. The van der Waals surface area contributed by atoms with Gasteiger partial charge in [-0.1, -0.05) is 0 Å². The van der Waals surface area contributed by atoms with E-state index in [4.69, 9.17) is 10.6 Å². The van der Waals surface area contributed by atoms with Crippen LogP contribution in [0, 0.1) is 6.92 Å². The van der Waals surface area contributed by atoms with Crippen molar-refractivity contribution in [2.24, 2.45) is 5.90 Å². The zero-order valence-corrected chi connectivity index (χ0v) is 11.3. The van der Waals surface area contributed by atoms with Crippen LogP contribution in [-0.2, 0) is 11.3 Å². The van der Waals surface area contributed by atoms with Crippen molar-refractivity contribution >= 4 is 11.3 Å². The fourth-order valence-electron chi connectivity index (χ4n) is 1.74. The standard InChI is InChI=1S/C13H16N2O2S/c1-9-7-10(3-4-12(9)16-2)11-8-18-13(15-11)5-6-17-14/h3-4,7-8H,5-6,14H2,1-2H3. The van der Waals surface area contributed by atoms with Crippen molar-refractivity contribution in [3.8, 4) is 17.0 Å². The van der Waals surface area contributed by atoms with Gasteiger partial charge in [0, 0.05) is 17.4 Å². The van der Waals surface area contributed by atoms with E-state index in [1.54, 1.807) is 18.4 Å². The molecule has 0 aliphatic carbocycles. The van der Waals surface area contributed by atoms with Crippen LogP contribution in [0.3, 0.4) is 0 Å². The molecule has 1 aromatic heterocycles. The molecule has 2 aromatic rings. The van der Waals surface area contributed by atoms with Crippen LogP contribution in [0.1, 0.15) is 10.6 Å². The molecule has 0 saturated carbocycles. The maximum Gasteiger partial charge on any atom is 0.121 e. The Morgan fingerprint density at radius 2 is 2.22 bits per heavy atom. The molecule has 0 unspecified atom stereocenters. The van der Waals surface area contributed by atoms with E-state index in [1.165, 1.54) is 0 Å². The van der Waals surface area contributed by atoms with Gasteiger partial charge in [-0.25, -0.2) is 10.9 Å². The van der Waals surface area contributed by atoms with Crippen molar-refractivity contribution < 1.29 is 9.57 Å². The van der Waals surface area contributed by atoms with Crippen molar-refractivity contribution in [1.82, 2.24) is 4.98 Å². The predicted octanol–water partition coefficient (Wildman–Crippen LogP) is 2.56. The maximum absolute atomic E-state index is 5.25. The van der Waals surface area contributed by atoms with Crippen LogP contribution >= 0.6 is 11.3 Å². The second-order valence-electron chi connectivity index (χ2n) is 3.93. The largest absolute Gasteiger partial charge is 0.496 e. The summed E-state index contributed by atoms with van der Waals surface area (Å²) in [6, 6.07) is 6.06. The molecule has 96 valence electrons. The van der Waals surface area contributed by atoms with Crippen molar-refractivity contribution in [2.45, 2.75) is 13.3 Å². The lowest BCUT2D eigenvalue weighted by molar-refractivity contribution is 0.141. The number of hydrogen-bond acceptors (Lipinski definition) is 5. The first-order chi connectivity index (χ1) is 8.74. The first-order valence-corrected chi connectivity index (χ1v) is 6.53. The number of nitrogens with two attached hydrogens (primary N) is 1. The van der Waals surface area contributed by atoms with Crippen molar-refractivity contribution in [3.63, 3.8) is 0 Å². The van der Waals surface area contributed by atoms with Gasteiger partial charge in [0.15, 0.2) is 0 Å². The van der Waals surface area contributed by atoms with E-state index in [9.17, 15) is 0 Å². The molecule has 1 heterocycles. The summed E-state index contributed by atoms with van der Waals surface area (Å²) < 4.78 is 5.25. The SMILES string of the molecule is COc1ccc(-c2csc(CCON)n2)cc1C. The van der Waals surface area contributed by atoms with Crippen LogP contribution in [0.2, 0.25) is 0 Å². The Bertz CT molecular complexity index is 525. The average molecular weight is 264 g/mol. The summed E-state index contributed by atoms with van der Waals surface area (Å²) in [5, 5.41) is 3.08. The number of hydrogen-bond donors (Lipinski definition) is 1. The molecule has 0 spiro atoms. The fourth-order valence-corrected chi connectivity index (χ4v) is 2.53. The van der Waals surface area contributed by atoms with Crippen molar-refractivity contribution in [3.05, 3.63) is 34.2 Å². The second-order valence-corrected chi connectivity index (χ2v) is 4.87. The summed E-state index contributed by atoms with van der Waals surface area (Å²) in [4.78, 5) is 9.12. The van der Waals surface area contributed by atoms with Gasteiger partial charge < -0.3 is 9.57 Å². The quantitative estimate of drug-likeness (QED) is 0.843. The van der Waals surface area contributed by atoms with E-state index < -0.39 is 0 Å². The minimum atomic E-state index is 0.495. The lowest BCUT2D eigenvalue weighted by Gasteiger charge is -2.05. The summed E-state index contributed by atoms with van der Waals surface area (Å²) >= 11 is 1.62. The third-order valence-electron chi connectivity index (χ3n) is 2.68. The molecular formula is C13H16N2O2S. The summed E-state index contributed by atoms with van der Waals surface area (Å²) in [6.45, 7) is 2.52. The minimum absolute atomic E-state index is 0.495. The highest BCUT2D eigenvalue weighted by Gasteiger charge is 2.06. The van der Waals surface area contributed by atoms with Gasteiger partial charge in [0.2, 0.25) is 0 Å². The normalized spacial score (nSPS) is 10.6. The van der Waals surface area contributed by atoms with Crippen LogP contribution in [-0.4, -0.2) is 18.7 Å². The first-order valence-electron chi connectivity index (χ1n) is 5.65. The summed E-state index contributed by atoms with van der Waals surface area (Å²) in [6.07, 6.45) is 0.746. The van der Waals surface area contributed by atoms with Gasteiger partial charge in [-0.3, -0.25) is 0 Å². The third kappa shape index (κ3) is 2.87. The molecule has 18 heavy (non-hydrogen) atoms.